The molecule has 2 aliphatic rings. The fraction of sp³-hybridized carbons (Fsp3) is 0.421. The summed E-state index contributed by atoms with van der Waals surface area (Å²) < 4.78 is 5.08. The maximum atomic E-state index is 12.3. The molecule has 1 saturated heterocycles. The highest BCUT2D eigenvalue weighted by Gasteiger charge is 2.39. The number of likely N-dealkylation sites (tertiary alicyclic amines) is 1. The van der Waals surface area contributed by atoms with E-state index in [1.165, 1.54) is 12.3 Å². The summed E-state index contributed by atoms with van der Waals surface area (Å²) in [6.45, 7) is 1.94. The maximum Gasteiger partial charge on any atom is 0.288 e. The molecule has 2 bridgehead atoms. The molecule has 0 spiro atoms. The molecule has 0 saturated carbocycles. The van der Waals surface area contributed by atoms with Gasteiger partial charge >= 0.3 is 0 Å². The minimum absolute atomic E-state index is 0.0215. The molecule has 2 aromatic heterocycles. The minimum atomic E-state index is -1.85. The second-order valence-corrected chi connectivity index (χ2v) is 10.2. The van der Waals surface area contributed by atoms with Gasteiger partial charge < -0.3 is 24.5 Å². The molecule has 0 radical (unpaired) electrons. The number of hydrogen-bond donors (Lipinski definition) is 2. The summed E-state index contributed by atoms with van der Waals surface area (Å²) >= 11 is 23.8. The summed E-state index contributed by atoms with van der Waals surface area (Å²) in [6.07, 6.45) is 1.31. The highest BCUT2D eigenvalue weighted by molar-refractivity contribution is 7.80. The number of amides is 1. The van der Waals surface area contributed by atoms with Crippen LogP contribution < -0.4 is 16.2 Å². The molecule has 2 aliphatic heterocycles. The van der Waals surface area contributed by atoms with Gasteiger partial charge in [-0.1, -0.05) is 40.9 Å². The summed E-state index contributed by atoms with van der Waals surface area (Å²) in [5.74, 6) is 0.0158. The third-order valence-electron chi connectivity index (χ3n) is 5.38. The SMILES string of the molecule is O=C(N[C@H](NC(=S)N1C[C@@H]2C[C@H](C1)c1cccc(=O)n1C2)C(Cl)(Cl)Cl)c1ccco1. The molecule has 0 aromatic carbocycles. The van der Waals surface area contributed by atoms with Crippen LogP contribution in [-0.4, -0.2) is 43.5 Å². The molecule has 4 rings (SSSR count). The van der Waals surface area contributed by atoms with E-state index in [9.17, 15) is 9.59 Å². The van der Waals surface area contributed by atoms with Crippen LogP contribution >= 0.6 is 47.0 Å². The van der Waals surface area contributed by atoms with Crippen LogP contribution in [0.1, 0.15) is 28.6 Å². The predicted octanol–water partition coefficient (Wildman–Crippen LogP) is 2.86. The van der Waals surface area contributed by atoms with Gasteiger partial charge in [-0.05, 0) is 42.8 Å². The van der Waals surface area contributed by atoms with Gasteiger partial charge in [0.05, 0.1) is 6.26 Å². The van der Waals surface area contributed by atoms with E-state index in [1.54, 1.807) is 18.2 Å². The first-order valence-electron chi connectivity index (χ1n) is 9.38. The first-order chi connectivity index (χ1) is 14.2. The van der Waals surface area contributed by atoms with Gasteiger partial charge in [-0.15, -0.1) is 0 Å². The van der Waals surface area contributed by atoms with Crippen molar-refractivity contribution in [1.82, 2.24) is 20.1 Å². The van der Waals surface area contributed by atoms with Gasteiger partial charge in [0.25, 0.3) is 11.5 Å². The zero-order valence-corrected chi connectivity index (χ0v) is 18.8. The number of furan rings is 1. The number of rotatable bonds is 3. The van der Waals surface area contributed by atoms with Crippen LogP contribution in [0.5, 0.6) is 0 Å². The zero-order valence-electron chi connectivity index (χ0n) is 15.7. The van der Waals surface area contributed by atoms with Gasteiger partial charge in [-0.2, -0.15) is 0 Å². The standard InChI is InChI=1S/C19H19Cl3N4O3S/c20-19(21,22)17(23-16(28)14-4-2-6-29-14)24-18(30)25-8-11-7-12(10-25)13-3-1-5-15(27)26(13)9-11/h1-6,11-12,17H,7-10H2,(H,23,28)(H,24,30)/t11-,12+,17+/m0/s1. The molecule has 1 amide bonds. The van der Waals surface area contributed by atoms with Crippen LogP contribution in [0.25, 0.3) is 0 Å². The van der Waals surface area contributed by atoms with Crippen LogP contribution in [0.4, 0.5) is 0 Å². The van der Waals surface area contributed by atoms with Gasteiger partial charge in [0.2, 0.25) is 3.79 Å². The van der Waals surface area contributed by atoms with E-state index in [0.29, 0.717) is 24.7 Å². The number of hydrogen-bond acceptors (Lipinski definition) is 4. The number of aromatic nitrogens is 1. The average Bonchev–Trinajstić information content (AvgIpc) is 3.22. The van der Waals surface area contributed by atoms with Crippen LogP contribution in [0.3, 0.4) is 0 Å². The second-order valence-electron chi connectivity index (χ2n) is 7.48. The van der Waals surface area contributed by atoms with Crippen LogP contribution in [0.15, 0.2) is 45.8 Å². The van der Waals surface area contributed by atoms with Crippen LogP contribution in [-0.2, 0) is 6.54 Å². The van der Waals surface area contributed by atoms with Crippen molar-refractivity contribution >= 4 is 58.0 Å². The summed E-state index contributed by atoms with van der Waals surface area (Å²) in [7, 11) is 0. The number of nitrogens with one attached hydrogen (secondary N) is 2. The van der Waals surface area contributed by atoms with Gasteiger partial charge in [0, 0.05) is 37.3 Å². The van der Waals surface area contributed by atoms with Gasteiger partial charge in [0.15, 0.2) is 10.9 Å². The van der Waals surface area contributed by atoms with Crippen molar-refractivity contribution in [3.05, 3.63) is 58.4 Å². The zero-order chi connectivity index (χ0) is 21.5. The Bertz CT molecular complexity index is 1010. The lowest BCUT2D eigenvalue weighted by molar-refractivity contribution is 0.0904. The first-order valence-corrected chi connectivity index (χ1v) is 10.9. The lowest BCUT2D eigenvalue weighted by Crippen LogP contribution is -2.60. The molecule has 3 atom stereocenters. The van der Waals surface area contributed by atoms with Crippen molar-refractivity contribution in [2.45, 2.75) is 28.8 Å². The average molecular weight is 490 g/mol. The van der Waals surface area contributed by atoms with Gasteiger partial charge in [-0.25, -0.2) is 0 Å². The number of fused-ring (bicyclic) bond motifs is 4. The van der Waals surface area contributed by atoms with Crippen molar-refractivity contribution in [3.8, 4) is 0 Å². The van der Waals surface area contributed by atoms with E-state index in [-0.39, 0.29) is 23.2 Å². The third kappa shape index (κ3) is 4.46. The number of halogens is 3. The Morgan fingerprint density at radius 2 is 1.97 bits per heavy atom. The molecule has 2 N–H and O–H groups in total. The summed E-state index contributed by atoms with van der Waals surface area (Å²) in [5, 5.41) is 5.94. The molecular weight excluding hydrogens is 471 g/mol. The number of carbonyl (C=O) groups excluding carboxylic acids is 1. The van der Waals surface area contributed by atoms with E-state index in [0.717, 1.165) is 12.1 Å². The molecule has 30 heavy (non-hydrogen) atoms. The number of pyridine rings is 1. The topological polar surface area (TPSA) is 79.5 Å². The van der Waals surface area contributed by atoms with Gasteiger partial charge in [0.1, 0.15) is 6.17 Å². The molecule has 4 heterocycles. The van der Waals surface area contributed by atoms with E-state index >= 15 is 0 Å². The Morgan fingerprint density at radius 3 is 2.67 bits per heavy atom. The number of carbonyl (C=O) groups is 1. The Balaban J connectivity index is 1.47. The van der Waals surface area contributed by atoms with Crippen molar-refractivity contribution in [1.29, 1.82) is 0 Å². The molecule has 1 fully saturated rings. The largest absolute Gasteiger partial charge is 0.459 e. The number of alkyl halides is 3. The summed E-state index contributed by atoms with van der Waals surface area (Å²) in [4.78, 5) is 26.5. The van der Waals surface area contributed by atoms with E-state index in [2.05, 4.69) is 10.6 Å². The molecule has 0 unspecified atom stereocenters. The summed E-state index contributed by atoms with van der Waals surface area (Å²) in [6, 6.07) is 8.45. The number of nitrogens with zero attached hydrogens (tertiary/aromatic N) is 2. The fourth-order valence-corrected chi connectivity index (χ4v) is 4.68. The van der Waals surface area contributed by atoms with E-state index in [1.807, 2.05) is 15.5 Å². The van der Waals surface area contributed by atoms with Crippen LogP contribution in [0, 0.1) is 5.92 Å². The summed E-state index contributed by atoms with van der Waals surface area (Å²) in [5.41, 5.74) is 1.03. The van der Waals surface area contributed by atoms with E-state index in [4.69, 9.17) is 51.4 Å². The predicted molar refractivity (Wildman–Crippen MR) is 119 cm³/mol. The first kappa shape index (κ1) is 21.5. The van der Waals surface area contributed by atoms with E-state index < -0.39 is 15.9 Å². The van der Waals surface area contributed by atoms with Crippen LogP contribution in [0.2, 0.25) is 0 Å². The maximum absolute atomic E-state index is 12.3. The Labute approximate surface area is 193 Å². The Kier molecular flexibility index (Phi) is 6.03. The Hall–Kier alpha value is -1.74. The molecular formula is C19H19Cl3N4O3S. The number of thiocarbonyl (C=S) groups is 1. The van der Waals surface area contributed by atoms with Crippen molar-refractivity contribution in [3.63, 3.8) is 0 Å². The van der Waals surface area contributed by atoms with Crippen molar-refractivity contribution in [2.24, 2.45) is 5.92 Å². The van der Waals surface area contributed by atoms with Crippen molar-refractivity contribution < 1.29 is 9.21 Å². The smallest absolute Gasteiger partial charge is 0.288 e. The van der Waals surface area contributed by atoms with Gasteiger partial charge in [-0.3, -0.25) is 9.59 Å². The lowest BCUT2D eigenvalue weighted by atomic mass is 9.83. The second kappa shape index (κ2) is 8.42. The van der Waals surface area contributed by atoms with Crippen molar-refractivity contribution in [2.75, 3.05) is 13.1 Å². The number of piperidine rings is 1. The molecule has 2 aromatic rings. The normalized spacial score (nSPS) is 21.5. The highest BCUT2D eigenvalue weighted by atomic mass is 35.6. The molecule has 11 heteroatoms. The highest BCUT2D eigenvalue weighted by Crippen LogP contribution is 2.35. The third-order valence-corrected chi connectivity index (χ3v) is 6.41. The molecule has 7 nitrogen and oxygen atoms in total. The quantitative estimate of drug-likeness (QED) is 0.392. The molecule has 0 aliphatic carbocycles. The molecule has 160 valence electrons. The fourth-order valence-electron chi connectivity index (χ4n) is 4.09. The Morgan fingerprint density at radius 1 is 1.17 bits per heavy atom. The monoisotopic (exact) mass is 488 g/mol. The lowest BCUT2D eigenvalue weighted by Gasteiger charge is -2.44. The minimum Gasteiger partial charge on any atom is -0.459 e.